The van der Waals surface area contributed by atoms with Crippen LogP contribution in [-0.4, -0.2) is 35.8 Å². The fourth-order valence-electron chi connectivity index (χ4n) is 1.75. The lowest BCUT2D eigenvalue weighted by atomic mass is 10.2. The second kappa shape index (κ2) is 3.66. The van der Waals surface area contributed by atoms with Crippen LogP contribution in [0.3, 0.4) is 0 Å². The molecule has 90 valence electrons. The van der Waals surface area contributed by atoms with Gasteiger partial charge in [-0.2, -0.15) is 5.10 Å². The Morgan fingerprint density at radius 1 is 1.44 bits per heavy atom. The summed E-state index contributed by atoms with van der Waals surface area (Å²) in [6.07, 6.45) is 6.42. The van der Waals surface area contributed by atoms with Gasteiger partial charge in [0, 0.05) is 25.0 Å². The molecule has 3 aromatic rings. The molecule has 0 aliphatic rings. The van der Waals surface area contributed by atoms with Crippen molar-refractivity contribution >= 4 is 17.1 Å². The molecule has 0 aliphatic carbocycles. The van der Waals surface area contributed by atoms with E-state index >= 15 is 0 Å². The van der Waals surface area contributed by atoms with Crippen LogP contribution in [0.15, 0.2) is 24.8 Å². The minimum Gasteiger partial charge on any atom is -0.478 e. The van der Waals surface area contributed by atoms with Crippen molar-refractivity contribution < 1.29 is 9.90 Å². The lowest BCUT2D eigenvalue weighted by Crippen LogP contribution is -1.96. The second-order valence-electron chi connectivity index (χ2n) is 3.86. The van der Waals surface area contributed by atoms with Crippen molar-refractivity contribution in [2.45, 2.75) is 0 Å². The third-order valence-electron chi connectivity index (χ3n) is 2.61. The normalized spacial score (nSPS) is 10.9. The molecular weight excluding hydrogens is 234 g/mol. The summed E-state index contributed by atoms with van der Waals surface area (Å²) >= 11 is 0. The smallest absolute Gasteiger partial charge is 0.339 e. The zero-order valence-corrected chi connectivity index (χ0v) is 9.45. The van der Waals surface area contributed by atoms with Gasteiger partial charge in [0.05, 0.1) is 18.1 Å². The first-order valence-corrected chi connectivity index (χ1v) is 5.21. The number of carboxylic acids is 1. The number of hydrogen-bond donors (Lipinski definition) is 2. The summed E-state index contributed by atoms with van der Waals surface area (Å²) in [5.41, 5.74) is 2.31. The zero-order chi connectivity index (χ0) is 12.7. The van der Waals surface area contributed by atoms with Gasteiger partial charge in [-0.3, -0.25) is 4.68 Å². The second-order valence-corrected chi connectivity index (χ2v) is 3.86. The van der Waals surface area contributed by atoms with Crippen LogP contribution in [0.25, 0.3) is 22.4 Å². The van der Waals surface area contributed by atoms with E-state index in [2.05, 4.69) is 20.1 Å². The SMILES string of the molecule is Cn1cc(-c2cnc3[nH]cc(C(=O)O)c3n2)cn1. The van der Waals surface area contributed by atoms with E-state index in [0.29, 0.717) is 16.9 Å². The van der Waals surface area contributed by atoms with Crippen LogP contribution in [0.1, 0.15) is 10.4 Å². The van der Waals surface area contributed by atoms with E-state index in [9.17, 15) is 4.79 Å². The van der Waals surface area contributed by atoms with Gasteiger partial charge in [0.25, 0.3) is 0 Å². The van der Waals surface area contributed by atoms with Gasteiger partial charge in [-0.25, -0.2) is 14.8 Å². The van der Waals surface area contributed by atoms with Crippen LogP contribution in [0.2, 0.25) is 0 Å². The Bertz CT molecular complexity index is 743. The number of hydrogen-bond acceptors (Lipinski definition) is 4. The lowest BCUT2D eigenvalue weighted by Gasteiger charge is -1.97. The molecule has 3 aromatic heterocycles. The summed E-state index contributed by atoms with van der Waals surface area (Å²) < 4.78 is 1.65. The number of fused-ring (bicyclic) bond motifs is 1. The van der Waals surface area contributed by atoms with Gasteiger partial charge in [-0.15, -0.1) is 0 Å². The van der Waals surface area contributed by atoms with Gasteiger partial charge < -0.3 is 10.1 Å². The molecule has 0 aliphatic heterocycles. The highest BCUT2D eigenvalue weighted by atomic mass is 16.4. The first-order chi connectivity index (χ1) is 8.65. The molecule has 0 amide bonds. The maximum atomic E-state index is 11.0. The standard InChI is InChI=1S/C11H9N5O2/c1-16-5-6(2-14-16)8-4-13-10-9(15-8)7(3-12-10)11(17)18/h2-5H,1H3,(H,12,13)(H,17,18). The molecule has 0 saturated carbocycles. The predicted molar refractivity (Wildman–Crippen MR) is 63.1 cm³/mol. The van der Waals surface area contributed by atoms with E-state index < -0.39 is 5.97 Å². The van der Waals surface area contributed by atoms with Gasteiger partial charge in [0.2, 0.25) is 0 Å². The number of aromatic carboxylic acids is 1. The number of nitrogens with one attached hydrogen (secondary N) is 1. The molecule has 7 heteroatoms. The van der Waals surface area contributed by atoms with Gasteiger partial charge in [0.15, 0.2) is 5.65 Å². The average molecular weight is 243 g/mol. The highest BCUT2D eigenvalue weighted by molar-refractivity contribution is 6.00. The van der Waals surface area contributed by atoms with Crippen LogP contribution >= 0.6 is 0 Å². The van der Waals surface area contributed by atoms with E-state index in [0.717, 1.165) is 5.56 Å². The summed E-state index contributed by atoms with van der Waals surface area (Å²) in [5.74, 6) is -1.03. The molecule has 0 aromatic carbocycles. The number of aryl methyl sites for hydroxylation is 1. The summed E-state index contributed by atoms with van der Waals surface area (Å²) in [7, 11) is 1.80. The third kappa shape index (κ3) is 1.53. The van der Waals surface area contributed by atoms with Gasteiger partial charge in [0.1, 0.15) is 11.1 Å². The summed E-state index contributed by atoms with van der Waals surface area (Å²) in [5, 5.41) is 13.1. The van der Waals surface area contributed by atoms with Gasteiger partial charge >= 0.3 is 5.97 Å². The van der Waals surface area contributed by atoms with Crippen molar-refractivity contribution in [1.82, 2.24) is 24.7 Å². The summed E-state index contributed by atoms with van der Waals surface area (Å²) in [6.45, 7) is 0. The van der Waals surface area contributed by atoms with Gasteiger partial charge in [-0.1, -0.05) is 0 Å². The van der Waals surface area contributed by atoms with Crippen molar-refractivity contribution in [2.75, 3.05) is 0 Å². The first kappa shape index (κ1) is 10.5. The molecule has 0 unspecified atom stereocenters. The topological polar surface area (TPSA) is 96.7 Å². The van der Waals surface area contributed by atoms with Crippen LogP contribution < -0.4 is 0 Å². The molecule has 2 N–H and O–H groups in total. The van der Waals surface area contributed by atoms with E-state index in [4.69, 9.17) is 5.11 Å². The molecule has 0 bridgehead atoms. The number of carbonyl (C=O) groups is 1. The molecule has 7 nitrogen and oxygen atoms in total. The number of H-pyrrole nitrogens is 1. The summed E-state index contributed by atoms with van der Waals surface area (Å²) in [4.78, 5) is 22.3. The minimum absolute atomic E-state index is 0.114. The number of rotatable bonds is 2. The van der Waals surface area contributed by atoms with E-state index in [1.54, 1.807) is 30.3 Å². The molecular formula is C11H9N5O2. The van der Waals surface area contributed by atoms with Gasteiger partial charge in [-0.05, 0) is 0 Å². The van der Waals surface area contributed by atoms with E-state index in [1.807, 2.05) is 0 Å². The lowest BCUT2D eigenvalue weighted by molar-refractivity contribution is 0.0699. The van der Waals surface area contributed by atoms with E-state index in [-0.39, 0.29) is 5.56 Å². The first-order valence-electron chi connectivity index (χ1n) is 5.21. The third-order valence-corrected chi connectivity index (χ3v) is 2.61. The number of aromatic amines is 1. The van der Waals surface area contributed by atoms with Crippen LogP contribution in [-0.2, 0) is 7.05 Å². The Balaban J connectivity index is 2.20. The van der Waals surface area contributed by atoms with Crippen molar-refractivity contribution in [3.8, 4) is 11.3 Å². The molecule has 3 rings (SSSR count). The van der Waals surface area contributed by atoms with Crippen LogP contribution in [0.4, 0.5) is 0 Å². The van der Waals surface area contributed by atoms with Crippen LogP contribution in [0, 0.1) is 0 Å². The molecule has 0 radical (unpaired) electrons. The van der Waals surface area contributed by atoms with E-state index in [1.165, 1.54) is 6.20 Å². The van der Waals surface area contributed by atoms with Crippen molar-refractivity contribution in [2.24, 2.45) is 7.05 Å². The number of nitrogens with zero attached hydrogens (tertiary/aromatic N) is 4. The fourth-order valence-corrected chi connectivity index (χ4v) is 1.75. The molecule has 0 fully saturated rings. The number of aromatic nitrogens is 5. The Hall–Kier alpha value is -2.70. The van der Waals surface area contributed by atoms with Crippen molar-refractivity contribution in [3.05, 3.63) is 30.4 Å². The highest BCUT2D eigenvalue weighted by Crippen LogP contribution is 2.20. The number of carboxylic acid groups (broad SMARTS) is 1. The maximum absolute atomic E-state index is 11.0. The van der Waals surface area contributed by atoms with Crippen LogP contribution in [0.5, 0.6) is 0 Å². The molecule has 0 saturated heterocycles. The average Bonchev–Trinajstić information content (AvgIpc) is 2.93. The van der Waals surface area contributed by atoms with Crippen molar-refractivity contribution in [3.63, 3.8) is 0 Å². The molecule has 0 atom stereocenters. The Morgan fingerprint density at radius 2 is 2.28 bits per heavy atom. The molecule has 0 spiro atoms. The quantitative estimate of drug-likeness (QED) is 0.701. The minimum atomic E-state index is -1.03. The largest absolute Gasteiger partial charge is 0.478 e. The monoisotopic (exact) mass is 243 g/mol. The fraction of sp³-hybridized carbons (Fsp3) is 0.0909. The highest BCUT2D eigenvalue weighted by Gasteiger charge is 2.14. The predicted octanol–water partition coefficient (Wildman–Crippen LogP) is 1.06. The Labute approximate surface area is 101 Å². The molecule has 18 heavy (non-hydrogen) atoms. The molecule has 3 heterocycles. The zero-order valence-electron chi connectivity index (χ0n) is 9.45. The Kier molecular flexibility index (Phi) is 2.12. The Morgan fingerprint density at radius 3 is 2.94 bits per heavy atom. The maximum Gasteiger partial charge on any atom is 0.339 e. The van der Waals surface area contributed by atoms with Crippen molar-refractivity contribution in [1.29, 1.82) is 0 Å². The summed E-state index contributed by atoms with van der Waals surface area (Å²) in [6, 6.07) is 0.